The molecule has 4 rings (SSSR count). The van der Waals surface area contributed by atoms with E-state index in [1.807, 2.05) is 0 Å². The number of fused-ring (bicyclic) bond motifs is 1. The van der Waals surface area contributed by atoms with Crippen LogP contribution in [0, 0.1) is 5.92 Å². The second kappa shape index (κ2) is 9.52. The highest BCUT2D eigenvalue weighted by Gasteiger charge is 2.26. The molecule has 0 bridgehead atoms. The first-order chi connectivity index (χ1) is 15.5. The Morgan fingerprint density at radius 2 is 2.03 bits per heavy atom. The third-order valence-electron chi connectivity index (χ3n) is 5.63. The molecule has 0 spiro atoms. The van der Waals surface area contributed by atoms with Gasteiger partial charge >= 0.3 is 5.97 Å². The molecule has 32 heavy (non-hydrogen) atoms. The van der Waals surface area contributed by atoms with Gasteiger partial charge in [0, 0.05) is 22.8 Å². The number of rotatable bonds is 6. The van der Waals surface area contributed by atoms with Crippen LogP contribution in [0.3, 0.4) is 0 Å². The van der Waals surface area contributed by atoms with Crippen LogP contribution >= 0.6 is 11.3 Å². The minimum Gasteiger partial charge on any atom is -0.497 e. The third-order valence-corrected chi connectivity index (χ3v) is 6.53. The lowest BCUT2D eigenvalue weighted by atomic mass is 9.89. The van der Waals surface area contributed by atoms with Gasteiger partial charge in [0.2, 0.25) is 5.91 Å². The van der Waals surface area contributed by atoms with Crippen LogP contribution in [0.15, 0.2) is 34.4 Å². The number of nitrogens with one attached hydrogen (secondary N) is 1. The van der Waals surface area contributed by atoms with Gasteiger partial charge in [0.15, 0.2) is 5.69 Å². The third kappa shape index (κ3) is 4.25. The predicted octanol–water partition coefficient (Wildman–Crippen LogP) is 4.15. The van der Waals surface area contributed by atoms with Crippen LogP contribution in [0.5, 0.6) is 5.75 Å². The Morgan fingerprint density at radius 1 is 1.25 bits per heavy atom. The number of carbonyl (C=O) groups is 2. The number of carbonyl (C=O) groups excluding carboxylic acids is 2. The van der Waals surface area contributed by atoms with Gasteiger partial charge in [-0.3, -0.25) is 9.59 Å². The van der Waals surface area contributed by atoms with E-state index < -0.39 is 11.5 Å². The van der Waals surface area contributed by atoms with E-state index in [1.54, 1.807) is 36.6 Å². The number of ether oxygens (including phenoxy) is 2. The van der Waals surface area contributed by atoms with Crippen molar-refractivity contribution in [2.24, 2.45) is 5.92 Å². The summed E-state index contributed by atoms with van der Waals surface area (Å²) in [6, 6.07) is 6.84. The molecule has 9 heteroatoms. The van der Waals surface area contributed by atoms with Gasteiger partial charge in [-0.25, -0.2) is 4.79 Å². The molecule has 1 fully saturated rings. The summed E-state index contributed by atoms with van der Waals surface area (Å²) in [5, 5.41) is 9.96. The molecule has 2 heterocycles. The number of aromatic nitrogens is 2. The number of methoxy groups -OCH3 is 1. The van der Waals surface area contributed by atoms with E-state index in [4.69, 9.17) is 9.47 Å². The minimum absolute atomic E-state index is 0.0266. The fourth-order valence-corrected chi connectivity index (χ4v) is 4.93. The van der Waals surface area contributed by atoms with E-state index in [0.29, 0.717) is 21.8 Å². The van der Waals surface area contributed by atoms with Crippen LogP contribution in [0.1, 0.15) is 49.5 Å². The average Bonchev–Trinajstić information content (AvgIpc) is 3.24. The van der Waals surface area contributed by atoms with Crippen molar-refractivity contribution in [2.75, 3.05) is 19.0 Å². The Hall–Kier alpha value is -3.20. The second-order valence-electron chi connectivity index (χ2n) is 7.67. The van der Waals surface area contributed by atoms with Crippen molar-refractivity contribution in [3.8, 4) is 11.4 Å². The van der Waals surface area contributed by atoms with Crippen molar-refractivity contribution in [3.63, 3.8) is 0 Å². The molecule has 1 N–H and O–H groups in total. The fraction of sp³-hybridized carbons (Fsp3) is 0.391. The van der Waals surface area contributed by atoms with Gasteiger partial charge in [-0.15, -0.1) is 11.3 Å². The van der Waals surface area contributed by atoms with Crippen molar-refractivity contribution < 1.29 is 19.1 Å². The Kier molecular flexibility index (Phi) is 6.55. The summed E-state index contributed by atoms with van der Waals surface area (Å²) >= 11 is 1.21. The van der Waals surface area contributed by atoms with Gasteiger partial charge in [0.25, 0.3) is 5.56 Å². The van der Waals surface area contributed by atoms with E-state index in [9.17, 15) is 14.4 Å². The number of hydrogen-bond donors (Lipinski definition) is 1. The molecule has 1 aliphatic carbocycles. The number of amides is 1. The fourth-order valence-electron chi connectivity index (χ4n) is 3.99. The summed E-state index contributed by atoms with van der Waals surface area (Å²) < 4.78 is 11.6. The first-order valence-electron chi connectivity index (χ1n) is 10.7. The molecule has 3 aromatic rings. The molecule has 2 aromatic heterocycles. The Bertz CT molecular complexity index is 1210. The first kappa shape index (κ1) is 22.0. The van der Waals surface area contributed by atoms with E-state index in [2.05, 4.69) is 10.4 Å². The average molecular weight is 456 g/mol. The van der Waals surface area contributed by atoms with Gasteiger partial charge in [-0.1, -0.05) is 25.3 Å². The molecule has 0 unspecified atom stereocenters. The number of benzene rings is 1. The van der Waals surface area contributed by atoms with E-state index >= 15 is 0 Å². The number of hydrogen-bond acceptors (Lipinski definition) is 7. The maximum atomic E-state index is 13.5. The number of thiophene rings is 1. The Morgan fingerprint density at radius 3 is 2.75 bits per heavy atom. The molecular formula is C23H25N3O5S. The van der Waals surface area contributed by atoms with Crippen LogP contribution < -0.4 is 15.6 Å². The second-order valence-corrected chi connectivity index (χ2v) is 8.54. The van der Waals surface area contributed by atoms with Crippen molar-refractivity contribution >= 4 is 39.0 Å². The zero-order valence-corrected chi connectivity index (χ0v) is 18.9. The van der Waals surface area contributed by atoms with Crippen LogP contribution in [-0.4, -0.2) is 35.4 Å². The van der Waals surface area contributed by atoms with Gasteiger partial charge < -0.3 is 14.8 Å². The lowest BCUT2D eigenvalue weighted by Crippen LogP contribution is -2.27. The summed E-state index contributed by atoms with van der Waals surface area (Å²) in [5.41, 5.74) is 0.0396. The number of esters is 1. The smallest absolute Gasteiger partial charge is 0.359 e. The first-order valence-corrected chi connectivity index (χ1v) is 11.6. The molecule has 1 aromatic carbocycles. The number of nitrogens with zero attached hydrogens (tertiary/aromatic N) is 2. The van der Waals surface area contributed by atoms with E-state index in [-0.39, 0.29) is 29.5 Å². The zero-order valence-electron chi connectivity index (χ0n) is 18.1. The minimum atomic E-state index is -0.628. The normalized spacial score (nSPS) is 14.3. The highest BCUT2D eigenvalue weighted by atomic mass is 32.1. The summed E-state index contributed by atoms with van der Waals surface area (Å²) in [7, 11) is 1.53. The van der Waals surface area contributed by atoms with Gasteiger partial charge in [-0.05, 0) is 31.9 Å². The summed E-state index contributed by atoms with van der Waals surface area (Å²) in [6.07, 6.45) is 4.90. The lowest BCUT2D eigenvalue weighted by molar-refractivity contribution is -0.120. The maximum Gasteiger partial charge on any atom is 0.359 e. The van der Waals surface area contributed by atoms with Crippen molar-refractivity contribution in [1.82, 2.24) is 9.78 Å². The lowest BCUT2D eigenvalue weighted by Gasteiger charge is -2.20. The maximum absolute atomic E-state index is 13.5. The highest BCUT2D eigenvalue weighted by molar-refractivity contribution is 7.16. The van der Waals surface area contributed by atoms with Gasteiger partial charge in [-0.2, -0.15) is 9.78 Å². The SMILES string of the molecule is CCOC(=O)c1nn(-c2cccc(OC)c2)c(=O)c2c(NC(=O)C3CCCCC3)scc12. The standard InChI is InChI=1S/C23H25N3O5S/c1-3-31-23(29)19-17-13-32-21(24-20(27)14-8-5-4-6-9-14)18(17)22(28)26(25-19)15-10-7-11-16(12-15)30-2/h7,10-14H,3-6,8-9H2,1-2H3,(H,24,27). The summed E-state index contributed by atoms with van der Waals surface area (Å²) in [4.78, 5) is 39.0. The van der Waals surface area contributed by atoms with Crippen LogP contribution in [-0.2, 0) is 9.53 Å². The topological polar surface area (TPSA) is 99.5 Å². The van der Waals surface area contributed by atoms with Crippen LogP contribution in [0.25, 0.3) is 16.5 Å². The Labute approximate surface area is 189 Å². The van der Waals surface area contributed by atoms with Crippen LogP contribution in [0.4, 0.5) is 5.00 Å². The molecule has 0 radical (unpaired) electrons. The van der Waals surface area contributed by atoms with Gasteiger partial charge in [0.1, 0.15) is 10.8 Å². The van der Waals surface area contributed by atoms with Gasteiger partial charge in [0.05, 0.1) is 24.8 Å². The van der Waals surface area contributed by atoms with Crippen molar-refractivity contribution in [2.45, 2.75) is 39.0 Å². The molecular weight excluding hydrogens is 430 g/mol. The number of anilines is 1. The van der Waals surface area contributed by atoms with Crippen molar-refractivity contribution in [3.05, 3.63) is 45.7 Å². The van der Waals surface area contributed by atoms with Crippen LogP contribution in [0.2, 0.25) is 0 Å². The molecule has 0 atom stereocenters. The predicted molar refractivity (Wildman–Crippen MR) is 123 cm³/mol. The molecule has 0 aliphatic heterocycles. The monoisotopic (exact) mass is 455 g/mol. The molecule has 168 valence electrons. The molecule has 1 aliphatic rings. The Balaban J connectivity index is 1.84. The van der Waals surface area contributed by atoms with E-state index in [0.717, 1.165) is 36.8 Å². The summed E-state index contributed by atoms with van der Waals surface area (Å²) in [5.74, 6) is -0.231. The largest absolute Gasteiger partial charge is 0.497 e. The van der Waals surface area contributed by atoms with Crippen molar-refractivity contribution in [1.29, 1.82) is 0 Å². The summed E-state index contributed by atoms with van der Waals surface area (Å²) in [6.45, 7) is 1.88. The molecule has 1 amide bonds. The zero-order chi connectivity index (χ0) is 22.7. The quantitative estimate of drug-likeness (QED) is 0.561. The molecule has 1 saturated carbocycles. The highest BCUT2D eigenvalue weighted by Crippen LogP contribution is 2.32. The molecule has 8 nitrogen and oxygen atoms in total. The molecule has 0 saturated heterocycles. The van der Waals surface area contributed by atoms with E-state index in [1.165, 1.54) is 18.4 Å².